The van der Waals surface area contributed by atoms with Gasteiger partial charge in [-0.1, -0.05) is 0 Å². The average molecular weight is 920 g/mol. The summed E-state index contributed by atoms with van der Waals surface area (Å²) >= 11 is 9.02. The van der Waals surface area contributed by atoms with Crippen LogP contribution in [0.25, 0.3) is 20.4 Å². The summed E-state index contributed by atoms with van der Waals surface area (Å²) in [7, 11) is 0. The fraction of sp³-hybridized carbons (Fsp3) is 0.524. The monoisotopic (exact) mass is 918 g/mol. The number of halogens is 1. The first-order chi connectivity index (χ1) is 29.9. The van der Waals surface area contributed by atoms with Gasteiger partial charge in [0.15, 0.2) is 23.3 Å². The number of hydrogen-bond acceptors (Lipinski definition) is 16. The number of aromatic nitrogens is 8. The van der Waals surface area contributed by atoms with E-state index >= 15 is 0 Å². The average Bonchev–Trinajstić information content (AvgIpc) is 4.05. The number of aryl methyl sites for hydroxylation is 2. The summed E-state index contributed by atoms with van der Waals surface area (Å²) in [5.74, 6) is 3.39. The molecular formula is C42H55ClN14O4S2. The minimum absolute atomic E-state index is 0.0898. The van der Waals surface area contributed by atoms with Crippen molar-refractivity contribution in [3.63, 3.8) is 0 Å². The van der Waals surface area contributed by atoms with E-state index in [-0.39, 0.29) is 47.7 Å². The van der Waals surface area contributed by atoms with E-state index in [9.17, 15) is 9.59 Å². The van der Waals surface area contributed by atoms with E-state index in [1.165, 1.54) is 0 Å². The first-order valence-electron chi connectivity index (χ1n) is 21.2. The third kappa shape index (κ3) is 10.2. The molecule has 7 N–H and O–H groups in total. The van der Waals surface area contributed by atoms with Crippen LogP contribution in [0.15, 0.2) is 35.0 Å². The molecule has 6 aromatic rings. The van der Waals surface area contributed by atoms with Crippen molar-refractivity contribution in [3.05, 3.63) is 51.7 Å². The van der Waals surface area contributed by atoms with Crippen molar-refractivity contribution < 1.29 is 19.1 Å². The summed E-state index contributed by atoms with van der Waals surface area (Å²) in [5, 5.41) is 28.3. The van der Waals surface area contributed by atoms with Crippen LogP contribution in [0, 0.1) is 13.8 Å². The molecule has 6 atom stereocenters. The van der Waals surface area contributed by atoms with Gasteiger partial charge in [-0.25, -0.2) is 19.6 Å². The number of hydrogen-bond donors (Lipinski definition) is 6. The molecule has 6 aromatic heterocycles. The van der Waals surface area contributed by atoms with Gasteiger partial charge in [0, 0.05) is 41.6 Å². The molecule has 0 unspecified atom stereocenters. The maximum atomic E-state index is 12.7. The number of aromatic amines is 2. The quantitative estimate of drug-likeness (QED) is 0.0857. The first kappa shape index (κ1) is 44.3. The highest BCUT2D eigenvalue weighted by atomic mass is 35.5. The second-order valence-corrected chi connectivity index (χ2v) is 20.6. The molecule has 4 fully saturated rings. The van der Waals surface area contributed by atoms with Gasteiger partial charge in [0.05, 0.1) is 38.6 Å². The van der Waals surface area contributed by atoms with E-state index < -0.39 is 11.2 Å². The lowest BCUT2D eigenvalue weighted by atomic mass is 9.96. The molecule has 18 nitrogen and oxygen atoms in total. The summed E-state index contributed by atoms with van der Waals surface area (Å²) in [6.07, 6.45) is 5.47. The summed E-state index contributed by atoms with van der Waals surface area (Å²) in [6.45, 7) is 15.3. The number of H-pyrrole nitrogens is 2. The first-order valence-corrected chi connectivity index (χ1v) is 23.3. The van der Waals surface area contributed by atoms with Crippen LogP contribution in [-0.4, -0.2) is 110 Å². The van der Waals surface area contributed by atoms with Gasteiger partial charge in [-0.2, -0.15) is 20.2 Å². The largest absolute Gasteiger partial charge is 0.444 e. The fourth-order valence-electron chi connectivity index (χ4n) is 8.68. The highest BCUT2D eigenvalue weighted by molar-refractivity contribution is 7.18. The number of fused-ring (bicyclic) bond motifs is 6. The number of nitrogens with one attached hydrogen (secondary N) is 5. The van der Waals surface area contributed by atoms with E-state index in [1.54, 1.807) is 22.7 Å². The summed E-state index contributed by atoms with van der Waals surface area (Å²) in [6, 6.07) is 8.80. The van der Waals surface area contributed by atoms with Crippen molar-refractivity contribution in [1.29, 1.82) is 0 Å². The Bertz CT molecular complexity index is 2580. The molecule has 0 aromatic carbocycles. The Kier molecular flexibility index (Phi) is 12.4. The molecule has 10 heterocycles. The Morgan fingerprint density at radius 2 is 1.25 bits per heavy atom. The predicted molar refractivity (Wildman–Crippen MR) is 247 cm³/mol. The number of nitrogens with zero attached hydrogens (tertiary/aromatic N) is 8. The number of rotatable bonds is 6. The van der Waals surface area contributed by atoms with E-state index in [1.807, 2.05) is 100 Å². The predicted octanol–water partition coefficient (Wildman–Crippen LogP) is 9.02. The Morgan fingerprint density at radius 1 is 0.746 bits per heavy atom. The zero-order chi connectivity index (χ0) is 44.8. The molecule has 63 heavy (non-hydrogen) atoms. The number of nitrogens with two attached hydrogens (primary N) is 1. The molecule has 4 aliphatic rings. The number of ether oxygens (including phenoxy) is 2. The van der Waals surface area contributed by atoms with E-state index in [2.05, 4.69) is 46.3 Å². The third-order valence-corrected chi connectivity index (χ3v) is 13.1. The van der Waals surface area contributed by atoms with Gasteiger partial charge in [-0.05, 0) is 128 Å². The molecule has 0 aliphatic carbocycles. The molecule has 0 saturated carbocycles. The second kappa shape index (κ2) is 17.7. The van der Waals surface area contributed by atoms with Crippen LogP contribution < -0.4 is 21.7 Å². The summed E-state index contributed by atoms with van der Waals surface area (Å²) in [4.78, 5) is 46.2. The minimum atomic E-state index is -0.500. The van der Waals surface area contributed by atoms with Gasteiger partial charge >= 0.3 is 12.2 Å². The lowest BCUT2D eigenvalue weighted by Crippen LogP contribution is -2.43. The zero-order valence-electron chi connectivity index (χ0n) is 36.7. The van der Waals surface area contributed by atoms with Gasteiger partial charge in [0.1, 0.15) is 11.2 Å². The normalized spacial score (nSPS) is 22.4. The molecule has 336 valence electrons. The van der Waals surface area contributed by atoms with Crippen LogP contribution in [0.3, 0.4) is 0 Å². The summed E-state index contributed by atoms with van der Waals surface area (Å²) in [5.41, 5.74) is 8.72. The Labute approximate surface area is 378 Å². The minimum Gasteiger partial charge on any atom is -0.444 e. The van der Waals surface area contributed by atoms with Crippen molar-refractivity contribution in [1.82, 2.24) is 50.1 Å². The second-order valence-electron chi connectivity index (χ2n) is 18.4. The van der Waals surface area contributed by atoms with E-state index in [0.717, 1.165) is 76.2 Å². The highest BCUT2D eigenvalue weighted by Gasteiger charge is 2.50. The molecule has 21 heteroatoms. The van der Waals surface area contributed by atoms with Crippen LogP contribution in [0.4, 0.5) is 38.8 Å². The molecule has 10 rings (SSSR count). The fourth-order valence-corrected chi connectivity index (χ4v) is 10.4. The van der Waals surface area contributed by atoms with Crippen LogP contribution >= 0.6 is 34.3 Å². The van der Waals surface area contributed by atoms with Gasteiger partial charge in [0.2, 0.25) is 11.2 Å². The third-order valence-electron chi connectivity index (χ3n) is 11.1. The Balaban J connectivity index is 0.000000143. The van der Waals surface area contributed by atoms with E-state index in [4.69, 9.17) is 36.8 Å². The van der Waals surface area contributed by atoms with Crippen molar-refractivity contribution >= 4 is 96.1 Å². The molecule has 4 saturated heterocycles. The van der Waals surface area contributed by atoms with Crippen molar-refractivity contribution in [2.75, 3.05) is 16.0 Å². The van der Waals surface area contributed by atoms with Gasteiger partial charge in [-0.15, -0.1) is 22.7 Å². The smallest absolute Gasteiger partial charge is 0.410 e. The van der Waals surface area contributed by atoms with Gasteiger partial charge < -0.3 is 41.0 Å². The molecule has 0 spiro atoms. The molecule has 4 bridgehead atoms. The van der Waals surface area contributed by atoms with Crippen LogP contribution in [0.2, 0.25) is 5.28 Å². The topological polar surface area (TPSA) is 230 Å². The zero-order valence-corrected chi connectivity index (χ0v) is 39.0. The number of amides is 2. The number of thiophene rings is 2. The van der Waals surface area contributed by atoms with Crippen LogP contribution in [-0.2, 0) is 9.47 Å². The standard InChI is InChI=1S/C21H27N7O2S.C11H20N2O2.C10H8ClN5S/c1-11-9-16(27-26-11)24-18-17-13(7-8-31-17)22-19(25-18)23-14-10-12-5-6-15(14)28(12)20(29)30-21(2,3)4;1-11(2,3)15-10(14)13-7-4-5-9(13)8(12)6-7;1-5-4-7(16-15-5)13-9-8-6(2-3-17-8)12-10(11)14-9/h7-9,12,14-15H,5-6,10H2,1-4H3,(H3,22,23,24,25,26,27);7-9H,4-6,12H2,1-3H3;2-4H,1H3,(H2,12,13,14,15,16)/t12-,14+,15-;7-,8+,9-;/m00./s1. The van der Waals surface area contributed by atoms with Gasteiger partial charge in [-0.3, -0.25) is 10.2 Å². The molecular weight excluding hydrogens is 864 g/mol. The molecule has 2 amide bonds. The molecule has 0 radical (unpaired) electrons. The van der Waals surface area contributed by atoms with Crippen LogP contribution in [0.5, 0.6) is 0 Å². The SMILES string of the molecule is CC(C)(C)OC(=O)N1[C@H]2CC[C@H]1[C@H](N)C2.Cc1cc(Nc2nc(Cl)nc3ccsc23)n[nH]1.Cc1cc(Nc2nc(N[C@@H]3C[C@@H]4CC[C@@H]3N4C(=O)OC(C)(C)C)nc3ccsc23)n[nH]1. The number of carbonyl (C=O) groups excluding carboxylic acids is 2. The van der Waals surface area contributed by atoms with Gasteiger partial charge in [0.25, 0.3) is 0 Å². The van der Waals surface area contributed by atoms with Crippen molar-refractivity contribution in [3.8, 4) is 0 Å². The number of carbonyl (C=O) groups is 2. The van der Waals surface area contributed by atoms with Crippen molar-refractivity contribution in [2.24, 2.45) is 5.73 Å². The van der Waals surface area contributed by atoms with Crippen molar-refractivity contribution in [2.45, 2.75) is 141 Å². The summed E-state index contributed by atoms with van der Waals surface area (Å²) < 4.78 is 13.0. The maximum Gasteiger partial charge on any atom is 0.410 e. The van der Waals surface area contributed by atoms with Crippen LogP contribution in [0.1, 0.15) is 91.5 Å². The van der Waals surface area contributed by atoms with E-state index in [0.29, 0.717) is 29.4 Å². The Morgan fingerprint density at radius 3 is 1.75 bits per heavy atom. The lowest BCUT2D eigenvalue weighted by Gasteiger charge is -2.28. The maximum absolute atomic E-state index is 12.7. The molecule has 4 aliphatic heterocycles. The lowest BCUT2D eigenvalue weighted by molar-refractivity contribution is 0.0202. The highest BCUT2D eigenvalue weighted by Crippen LogP contribution is 2.41. The Hall–Kier alpha value is -5.31. The number of anilines is 5.